The Kier molecular flexibility index (Phi) is 5.86. The minimum Gasteiger partial charge on any atom is -0.497 e. The number of hydrogen-bond acceptors (Lipinski definition) is 4. The molecule has 1 fully saturated rings. The highest BCUT2D eigenvalue weighted by atomic mass is 16.5. The van der Waals surface area contributed by atoms with Crippen LogP contribution in [0.15, 0.2) is 48.5 Å². The van der Waals surface area contributed by atoms with E-state index in [1.807, 2.05) is 67.3 Å². The molecule has 1 aliphatic heterocycles. The van der Waals surface area contributed by atoms with Gasteiger partial charge in [0.25, 0.3) is 0 Å². The normalized spacial score (nSPS) is 16.9. The first-order valence-electron chi connectivity index (χ1n) is 9.20. The molecule has 3 rings (SSSR count). The molecule has 1 atom stereocenters. The molecule has 0 bridgehead atoms. The summed E-state index contributed by atoms with van der Waals surface area (Å²) in [6.45, 7) is 5.08. The Labute approximate surface area is 160 Å². The molecule has 2 aromatic rings. The first-order chi connectivity index (χ1) is 13.0. The highest BCUT2D eigenvalue weighted by Crippen LogP contribution is 2.29. The maximum atomic E-state index is 12.5. The van der Waals surface area contributed by atoms with Gasteiger partial charge in [0, 0.05) is 6.54 Å². The van der Waals surface area contributed by atoms with E-state index in [9.17, 15) is 4.79 Å². The lowest BCUT2D eigenvalue weighted by Crippen LogP contribution is -2.37. The van der Waals surface area contributed by atoms with Crippen LogP contribution < -0.4 is 15.3 Å². The zero-order valence-corrected chi connectivity index (χ0v) is 16.1. The second-order valence-electron chi connectivity index (χ2n) is 6.98. The molecule has 27 heavy (non-hydrogen) atoms. The predicted octanol–water partition coefficient (Wildman–Crippen LogP) is 3.38. The van der Waals surface area contributed by atoms with Crippen LogP contribution in [0, 0.1) is 0 Å². The predicted molar refractivity (Wildman–Crippen MR) is 105 cm³/mol. The first kappa shape index (κ1) is 19.0. The van der Waals surface area contributed by atoms with Gasteiger partial charge in [0.2, 0.25) is 0 Å². The third-order valence-corrected chi connectivity index (χ3v) is 4.67. The molecule has 1 aliphatic rings. The fourth-order valence-electron chi connectivity index (χ4n) is 3.28. The van der Waals surface area contributed by atoms with Gasteiger partial charge in [0.05, 0.1) is 25.8 Å². The van der Waals surface area contributed by atoms with Crippen molar-refractivity contribution in [1.82, 2.24) is 9.91 Å². The van der Waals surface area contributed by atoms with E-state index in [4.69, 9.17) is 15.3 Å². The van der Waals surface area contributed by atoms with Gasteiger partial charge in [-0.05, 0) is 55.7 Å². The molecule has 0 aliphatic carbocycles. The molecule has 1 saturated heterocycles. The van der Waals surface area contributed by atoms with Crippen LogP contribution in [0.5, 0.6) is 11.5 Å². The Morgan fingerprint density at radius 1 is 1.07 bits per heavy atom. The molecule has 0 aromatic heterocycles. The number of hydrazine groups is 1. The summed E-state index contributed by atoms with van der Waals surface area (Å²) < 4.78 is 10.9. The van der Waals surface area contributed by atoms with Gasteiger partial charge in [-0.15, -0.1) is 0 Å². The first-order valence-corrected chi connectivity index (χ1v) is 9.20. The molecule has 6 nitrogen and oxygen atoms in total. The molecule has 2 amide bonds. The maximum absolute atomic E-state index is 12.5. The van der Waals surface area contributed by atoms with E-state index in [0.717, 1.165) is 29.0 Å². The molecule has 1 unspecified atom stereocenters. The minimum absolute atomic E-state index is 0.0613. The number of carbonyl (C=O) groups is 1. The molecule has 0 saturated carbocycles. The standard InChI is InChI=1S/C21H27N3O3/c1-15(2)27-19-10-6-17(7-11-19)20-14-24(22)21(25)23(20)13-12-16-4-8-18(26-3)9-5-16/h4-11,15,20H,12-14,22H2,1-3H3. The number of rotatable bonds is 7. The van der Waals surface area contributed by atoms with E-state index >= 15 is 0 Å². The number of ether oxygens (including phenoxy) is 2. The van der Waals surface area contributed by atoms with Crippen LogP contribution in [-0.4, -0.2) is 42.2 Å². The van der Waals surface area contributed by atoms with Gasteiger partial charge in [-0.25, -0.2) is 10.6 Å². The van der Waals surface area contributed by atoms with Crippen molar-refractivity contribution in [3.8, 4) is 11.5 Å². The van der Waals surface area contributed by atoms with Gasteiger partial charge in [0.15, 0.2) is 0 Å². The second-order valence-corrected chi connectivity index (χ2v) is 6.98. The molecular weight excluding hydrogens is 342 g/mol. The smallest absolute Gasteiger partial charge is 0.334 e. The topological polar surface area (TPSA) is 68.0 Å². The van der Waals surface area contributed by atoms with Crippen molar-refractivity contribution in [3.63, 3.8) is 0 Å². The van der Waals surface area contributed by atoms with Gasteiger partial charge in [-0.1, -0.05) is 24.3 Å². The average Bonchev–Trinajstić information content (AvgIpc) is 2.95. The summed E-state index contributed by atoms with van der Waals surface area (Å²) in [6.07, 6.45) is 0.888. The van der Waals surface area contributed by atoms with Gasteiger partial charge in [-0.3, -0.25) is 5.01 Å². The lowest BCUT2D eigenvalue weighted by Gasteiger charge is -2.23. The lowest BCUT2D eigenvalue weighted by atomic mass is 10.1. The molecule has 1 heterocycles. The molecular formula is C21H27N3O3. The molecule has 6 heteroatoms. The van der Waals surface area contributed by atoms with Gasteiger partial charge in [-0.2, -0.15) is 0 Å². The number of urea groups is 1. The summed E-state index contributed by atoms with van der Waals surface area (Å²) in [5, 5.41) is 1.29. The lowest BCUT2D eigenvalue weighted by molar-refractivity contribution is 0.187. The molecule has 144 valence electrons. The largest absolute Gasteiger partial charge is 0.497 e. The summed E-state index contributed by atoms with van der Waals surface area (Å²) in [6, 6.07) is 15.6. The SMILES string of the molecule is COc1ccc(CCN2C(=O)N(N)CC2c2ccc(OC(C)C)cc2)cc1. The molecule has 0 radical (unpaired) electrons. The fourth-order valence-corrected chi connectivity index (χ4v) is 3.28. The Morgan fingerprint density at radius 3 is 2.30 bits per heavy atom. The number of amides is 2. The highest BCUT2D eigenvalue weighted by molar-refractivity contribution is 5.77. The van der Waals surface area contributed by atoms with Crippen molar-refractivity contribution >= 4 is 6.03 Å². The van der Waals surface area contributed by atoms with E-state index < -0.39 is 0 Å². The third-order valence-electron chi connectivity index (χ3n) is 4.67. The highest BCUT2D eigenvalue weighted by Gasteiger charge is 2.36. The Bertz CT molecular complexity index is 759. The number of methoxy groups -OCH3 is 1. The van der Waals surface area contributed by atoms with Crippen LogP contribution in [-0.2, 0) is 6.42 Å². The van der Waals surface area contributed by atoms with Crippen molar-refractivity contribution in [1.29, 1.82) is 0 Å². The number of carbonyl (C=O) groups excluding carboxylic acids is 1. The monoisotopic (exact) mass is 369 g/mol. The van der Waals surface area contributed by atoms with Crippen LogP contribution >= 0.6 is 0 Å². The molecule has 2 aromatic carbocycles. The van der Waals surface area contributed by atoms with Crippen molar-refractivity contribution < 1.29 is 14.3 Å². The van der Waals surface area contributed by atoms with E-state index in [2.05, 4.69) is 0 Å². The number of nitrogens with two attached hydrogens (primary N) is 1. The number of benzene rings is 2. The van der Waals surface area contributed by atoms with E-state index in [1.54, 1.807) is 7.11 Å². The minimum atomic E-state index is -0.143. The number of hydrogen-bond donors (Lipinski definition) is 1. The average molecular weight is 369 g/mol. The summed E-state index contributed by atoms with van der Waals surface area (Å²) in [5.74, 6) is 7.55. The van der Waals surface area contributed by atoms with Crippen LogP contribution in [0.4, 0.5) is 4.79 Å². The zero-order valence-electron chi connectivity index (χ0n) is 16.1. The number of nitrogens with zero attached hydrogens (tertiary/aromatic N) is 2. The van der Waals surface area contributed by atoms with E-state index in [-0.39, 0.29) is 18.2 Å². The third kappa shape index (κ3) is 4.52. The quantitative estimate of drug-likeness (QED) is 0.600. The van der Waals surface area contributed by atoms with Crippen molar-refractivity contribution in [2.24, 2.45) is 5.84 Å². The fraction of sp³-hybridized carbons (Fsp3) is 0.381. The second kappa shape index (κ2) is 8.31. The summed E-state index contributed by atoms with van der Waals surface area (Å²) in [7, 11) is 1.65. The summed E-state index contributed by atoms with van der Waals surface area (Å²) in [5.41, 5.74) is 2.21. The zero-order chi connectivity index (χ0) is 19.4. The Morgan fingerprint density at radius 2 is 1.70 bits per heavy atom. The van der Waals surface area contributed by atoms with Crippen LogP contribution in [0.3, 0.4) is 0 Å². The summed E-state index contributed by atoms with van der Waals surface area (Å²) in [4.78, 5) is 14.3. The maximum Gasteiger partial charge on any atom is 0.334 e. The van der Waals surface area contributed by atoms with Crippen LogP contribution in [0.25, 0.3) is 0 Å². The van der Waals surface area contributed by atoms with Crippen molar-refractivity contribution in [2.45, 2.75) is 32.4 Å². The molecule has 0 spiro atoms. The van der Waals surface area contributed by atoms with E-state index in [1.165, 1.54) is 5.01 Å². The van der Waals surface area contributed by atoms with Crippen molar-refractivity contribution in [2.75, 3.05) is 20.2 Å². The Hall–Kier alpha value is -2.73. The van der Waals surface area contributed by atoms with Crippen LogP contribution in [0.1, 0.15) is 31.0 Å². The van der Waals surface area contributed by atoms with Crippen LogP contribution in [0.2, 0.25) is 0 Å². The summed E-state index contributed by atoms with van der Waals surface area (Å²) >= 11 is 0. The van der Waals surface area contributed by atoms with E-state index in [0.29, 0.717) is 13.1 Å². The van der Waals surface area contributed by atoms with Gasteiger partial charge < -0.3 is 14.4 Å². The van der Waals surface area contributed by atoms with Crippen molar-refractivity contribution in [3.05, 3.63) is 59.7 Å². The molecule has 2 N–H and O–H groups in total. The Balaban J connectivity index is 1.70. The van der Waals surface area contributed by atoms with Gasteiger partial charge in [0.1, 0.15) is 11.5 Å². The van der Waals surface area contributed by atoms with Gasteiger partial charge >= 0.3 is 6.03 Å².